The van der Waals surface area contributed by atoms with Gasteiger partial charge < -0.3 is 11.1 Å². The second-order valence-corrected chi connectivity index (χ2v) is 4.67. The lowest BCUT2D eigenvalue weighted by Gasteiger charge is -2.19. The molecule has 2 heterocycles. The van der Waals surface area contributed by atoms with Crippen molar-refractivity contribution in [2.45, 2.75) is 19.9 Å². The van der Waals surface area contributed by atoms with Crippen molar-refractivity contribution in [2.24, 2.45) is 17.5 Å². The summed E-state index contributed by atoms with van der Waals surface area (Å²) in [5.41, 5.74) is 7.71. The summed E-state index contributed by atoms with van der Waals surface area (Å²) >= 11 is 0. The SMILES string of the molecule is CC(C)C(Nc1nc(NN)nc(-n2ccnc2)n1)C(N)=O. The molecule has 112 valence electrons. The standard InChI is InChI=1S/C11H17N9O/c1-6(2)7(8(12)21)15-9-16-10(19-13)18-11(17-9)20-4-3-14-5-20/h3-7H,13H2,1-2H3,(H2,12,21)(H2,15,16,17,18,19). The number of anilines is 2. The van der Waals surface area contributed by atoms with Crippen LogP contribution >= 0.6 is 0 Å². The molecular formula is C11H17N9O. The number of hydrogen-bond acceptors (Lipinski definition) is 8. The van der Waals surface area contributed by atoms with Crippen molar-refractivity contribution in [1.82, 2.24) is 24.5 Å². The van der Waals surface area contributed by atoms with Crippen LogP contribution in [0.15, 0.2) is 18.7 Å². The highest BCUT2D eigenvalue weighted by atomic mass is 16.1. The maximum atomic E-state index is 11.4. The number of carbonyl (C=O) groups is 1. The normalized spacial score (nSPS) is 12.2. The van der Waals surface area contributed by atoms with Gasteiger partial charge in [0.25, 0.3) is 0 Å². The predicted octanol–water partition coefficient (Wildman–Crippen LogP) is -0.735. The zero-order valence-electron chi connectivity index (χ0n) is 11.7. The van der Waals surface area contributed by atoms with Crippen molar-refractivity contribution in [3.05, 3.63) is 18.7 Å². The van der Waals surface area contributed by atoms with E-state index >= 15 is 0 Å². The van der Waals surface area contributed by atoms with Crippen molar-refractivity contribution in [3.8, 4) is 5.95 Å². The van der Waals surface area contributed by atoms with Crippen LogP contribution in [0.1, 0.15) is 13.8 Å². The van der Waals surface area contributed by atoms with Crippen molar-refractivity contribution < 1.29 is 4.79 Å². The number of nitrogen functional groups attached to an aromatic ring is 1. The molecule has 0 spiro atoms. The highest BCUT2D eigenvalue weighted by Crippen LogP contribution is 2.12. The van der Waals surface area contributed by atoms with Gasteiger partial charge in [-0.25, -0.2) is 10.8 Å². The van der Waals surface area contributed by atoms with Gasteiger partial charge in [-0.3, -0.25) is 14.8 Å². The Morgan fingerprint density at radius 1 is 1.29 bits per heavy atom. The van der Waals surface area contributed by atoms with E-state index < -0.39 is 11.9 Å². The minimum atomic E-state index is -0.603. The first-order valence-corrected chi connectivity index (χ1v) is 6.28. The van der Waals surface area contributed by atoms with Crippen LogP contribution in [0.3, 0.4) is 0 Å². The van der Waals surface area contributed by atoms with E-state index in [1.165, 1.54) is 6.33 Å². The van der Waals surface area contributed by atoms with Gasteiger partial charge in [-0.2, -0.15) is 15.0 Å². The summed E-state index contributed by atoms with van der Waals surface area (Å²) in [5.74, 6) is 5.49. The van der Waals surface area contributed by atoms with Crippen LogP contribution in [0.5, 0.6) is 0 Å². The summed E-state index contributed by atoms with van der Waals surface area (Å²) in [4.78, 5) is 27.7. The van der Waals surface area contributed by atoms with Gasteiger partial charge in [0.1, 0.15) is 12.4 Å². The second-order valence-electron chi connectivity index (χ2n) is 4.67. The van der Waals surface area contributed by atoms with E-state index in [4.69, 9.17) is 11.6 Å². The molecular weight excluding hydrogens is 274 g/mol. The fourth-order valence-corrected chi connectivity index (χ4v) is 1.69. The number of nitrogens with one attached hydrogen (secondary N) is 2. The average molecular weight is 291 g/mol. The van der Waals surface area contributed by atoms with Gasteiger partial charge in [-0.05, 0) is 5.92 Å². The van der Waals surface area contributed by atoms with E-state index in [2.05, 4.69) is 30.7 Å². The molecule has 21 heavy (non-hydrogen) atoms. The Hall–Kier alpha value is -2.75. The maximum absolute atomic E-state index is 11.4. The van der Waals surface area contributed by atoms with E-state index in [-0.39, 0.29) is 17.8 Å². The molecule has 0 saturated heterocycles. The quantitative estimate of drug-likeness (QED) is 0.401. The van der Waals surface area contributed by atoms with Crippen molar-refractivity contribution in [1.29, 1.82) is 0 Å². The zero-order chi connectivity index (χ0) is 15.4. The van der Waals surface area contributed by atoms with Crippen LogP contribution in [0.4, 0.5) is 11.9 Å². The third-order valence-corrected chi connectivity index (χ3v) is 2.75. The van der Waals surface area contributed by atoms with Crippen LogP contribution in [-0.4, -0.2) is 36.5 Å². The van der Waals surface area contributed by atoms with E-state index in [9.17, 15) is 4.79 Å². The monoisotopic (exact) mass is 291 g/mol. The number of aromatic nitrogens is 5. The van der Waals surface area contributed by atoms with E-state index in [1.54, 1.807) is 17.0 Å². The summed E-state index contributed by atoms with van der Waals surface area (Å²) in [5, 5.41) is 2.89. The Balaban J connectivity index is 2.35. The molecule has 1 amide bonds. The molecule has 2 aromatic heterocycles. The molecule has 2 rings (SSSR count). The van der Waals surface area contributed by atoms with Gasteiger partial charge in [-0.1, -0.05) is 13.8 Å². The summed E-state index contributed by atoms with van der Waals surface area (Å²) in [6.45, 7) is 3.73. The van der Waals surface area contributed by atoms with E-state index in [1.807, 2.05) is 13.8 Å². The van der Waals surface area contributed by atoms with Crippen LogP contribution in [0.2, 0.25) is 0 Å². The molecule has 0 aliphatic rings. The van der Waals surface area contributed by atoms with Crippen LogP contribution in [0, 0.1) is 5.92 Å². The third kappa shape index (κ3) is 3.42. The van der Waals surface area contributed by atoms with Gasteiger partial charge >= 0.3 is 0 Å². The Morgan fingerprint density at radius 2 is 2.00 bits per heavy atom. The molecule has 0 bridgehead atoms. The van der Waals surface area contributed by atoms with Gasteiger partial charge in [0.2, 0.25) is 23.8 Å². The number of rotatable bonds is 6. The average Bonchev–Trinajstić information content (AvgIpc) is 2.98. The van der Waals surface area contributed by atoms with Gasteiger partial charge in [-0.15, -0.1) is 0 Å². The molecule has 1 unspecified atom stereocenters. The lowest BCUT2D eigenvalue weighted by atomic mass is 10.0. The molecule has 0 radical (unpaired) electrons. The second kappa shape index (κ2) is 6.13. The fourth-order valence-electron chi connectivity index (χ4n) is 1.69. The van der Waals surface area contributed by atoms with Crippen LogP contribution in [0.25, 0.3) is 5.95 Å². The summed E-state index contributed by atoms with van der Waals surface area (Å²) in [6, 6.07) is -0.603. The first-order valence-electron chi connectivity index (χ1n) is 6.28. The van der Waals surface area contributed by atoms with Gasteiger partial charge in [0.15, 0.2) is 0 Å². The maximum Gasteiger partial charge on any atom is 0.243 e. The fraction of sp³-hybridized carbons (Fsp3) is 0.364. The number of nitrogens with two attached hydrogens (primary N) is 2. The largest absolute Gasteiger partial charge is 0.368 e. The molecule has 10 nitrogen and oxygen atoms in total. The molecule has 1 atom stereocenters. The molecule has 0 fully saturated rings. The zero-order valence-corrected chi connectivity index (χ0v) is 11.7. The highest BCUT2D eigenvalue weighted by Gasteiger charge is 2.21. The minimum Gasteiger partial charge on any atom is -0.368 e. The topological polar surface area (TPSA) is 150 Å². The number of hydrogen-bond donors (Lipinski definition) is 4. The van der Waals surface area contributed by atoms with Crippen LogP contribution < -0.4 is 22.3 Å². The van der Waals surface area contributed by atoms with Gasteiger partial charge in [0, 0.05) is 12.4 Å². The third-order valence-electron chi connectivity index (χ3n) is 2.75. The number of hydrazine groups is 1. The van der Waals surface area contributed by atoms with E-state index in [0.717, 1.165) is 0 Å². The van der Waals surface area contributed by atoms with Crippen molar-refractivity contribution in [2.75, 3.05) is 10.7 Å². The van der Waals surface area contributed by atoms with E-state index in [0.29, 0.717) is 5.95 Å². The summed E-state index contributed by atoms with van der Waals surface area (Å²) < 4.78 is 1.59. The first kappa shape index (κ1) is 14.7. The molecule has 2 aromatic rings. The smallest absolute Gasteiger partial charge is 0.243 e. The first-order chi connectivity index (χ1) is 10.0. The van der Waals surface area contributed by atoms with Gasteiger partial charge in [0.05, 0.1) is 0 Å². The minimum absolute atomic E-state index is 0.0229. The Morgan fingerprint density at radius 3 is 2.52 bits per heavy atom. The predicted molar refractivity (Wildman–Crippen MR) is 76.2 cm³/mol. The number of amides is 1. The number of carbonyl (C=O) groups excluding carboxylic acids is 1. The van der Waals surface area contributed by atoms with Crippen LogP contribution in [-0.2, 0) is 4.79 Å². The van der Waals surface area contributed by atoms with Crippen molar-refractivity contribution in [3.63, 3.8) is 0 Å². The molecule has 10 heteroatoms. The number of imidazole rings is 1. The molecule has 0 saturated carbocycles. The molecule has 0 aromatic carbocycles. The molecule has 6 N–H and O–H groups in total. The Kier molecular flexibility index (Phi) is 4.28. The Labute approximate surface area is 121 Å². The number of primary amides is 1. The molecule has 0 aliphatic heterocycles. The highest BCUT2D eigenvalue weighted by molar-refractivity contribution is 5.82. The number of nitrogens with zero attached hydrogens (tertiary/aromatic N) is 5. The lowest BCUT2D eigenvalue weighted by molar-refractivity contribution is -0.119. The summed E-state index contributed by atoms with van der Waals surface area (Å²) in [7, 11) is 0. The Bertz CT molecular complexity index is 610. The molecule has 0 aliphatic carbocycles. The summed E-state index contributed by atoms with van der Waals surface area (Å²) in [6.07, 6.45) is 4.80. The van der Waals surface area contributed by atoms with Crippen molar-refractivity contribution >= 4 is 17.8 Å². The lowest BCUT2D eigenvalue weighted by Crippen LogP contribution is -2.40.